The summed E-state index contributed by atoms with van der Waals surface area (Å²) in [6.45, 7) is 1.72. The summed E-state index contributed by atoms with van der Waals surface area (Å²) >= 11 is 0. The number of benzene rings is 1. The van der Waals surface area contributed by atoms with Crippen molar-refractivity contribution < 1.29 is 15.2 Å². The monoisotopic (exact) mass is 200 g/mol. The quantitative estimate of drug-likeness (QED) is 0.546. The fourth-order valence-electron chi connectivity index (χ4n) is 0.768. The minimum atomic E-state index is -1.50. The lowest BCUT2D eigenvalue weighted by Crippen LogP contribution is -1.89. The van der Waals surface area contributed by atoms with E-state index >= 15 is 0 Å². The lowest BCUT2D eigenvalue weighted by molar-refractivity contribution is -0.742. The van der Waals surface area contributed by atoms with Crippen LogP contribution in [0.5, 0.6) is 0 Å². The number of aryl methyl sites for hydroxylation is 1. The molecule has 0 bridgehead atoms. The van der Waals surface area contributed by atoms with E-state index in [2.05, 4.69) is 0 Å². The first-order chi connectivity index (χ1) is 6.45. The van der Waals surface area contributed by atoms with Crippen molar-refractivity contribution in [3.8, 4) is 0 Å². The zero-order valence-electron chi connectivity index (χ0n) is 7.28. The molecule has 0 saturated heterocycles. The molecule has 0 spiro atoms. The number of nitrogens with zero attached hydrogens (tertiary/aromatic N) is 2. The number of hydrogen-bond acceptors (Lipinski definition) is 4. The summed E-state index contributed by atoms with van der Waals surface area (Å²) in [4.78, 5) is 18.2. The van der Waals surface area contributed by atoms with Crippen molar-refractivity contribution in [2.75, 3.05) is 0 Å². The number of para-hydroxylation sites is 1. The van der Waals surface area contributed by atoms with Gasteiger partial charge in [-0.1, -0.05) is 18.2 Å². The molecule has 0 aliphatic carbocycles. The zero-order chi connectivity index (χ0) is 11.1. The molecule has 1 rings (SSSR count). The smallest absolute Gasteiger partial charge is 0.291 e. The third-order valence-electron chi connectivity index (χ3n) is 1.31. The van der Waals surface area contributed by atoms with Gasteiger partial charge in [0.15, 0.2) is 0 Å². The molecule has 1 aromatic carbocycles. The number of nitro benzene ring substituents is 1. The van der Waals surface area contributed by atoms with Crippen LogP contribution in [0.1, 0.15) is 5.56 Å². The van der Waals surface area contributed by atoms with Gasteiger partial charge in [-0.15, -0.1) is 10.1 Å². The van der Waals surface area contributed by atoms with Gasteiger partial charge in [0.25, 0.3) is 10.8 Å². The Morgan fingerprint density at radius 3 is 1.93 bits per heavy atom. The molecule has 0 radical (unpaired) electrons. The summed E-state index contributed by atoms with van der Waals surface area (Å²) in [5.74, 6) is 0. The van der Waals surface area contributed by atoms with Crippen molar-refractivity contribution in [2.24, 2.45) is 0 Å². The molecule has 0 atom stereocenters. The highest BCUT2D eigenvalue weighted by molar-refractivity contribution is 5.38. The van der Waals surface area contributed by atoms with Crippen LogP contribution in [0.15, 0.2) is 24.3 Å². The van der Waals surface area contributed by atoms with Gasteiger partial charge in [-0.05, 0) is 6.92 Å². The van der Waals surface area contributed by atoms with Crippen LogP contribution in [0.3, 0.4) is 0 Å². The highest BCUT2D eigenvalue weighted by Gasteiger charge is 2.05. The number of rotatable bonds is 1. The Balaban J connectivity index is 0.000000364. The summed E-state index contributed by atoms with van der Waals surface area (Å²) in [5.41, 5.74) is 0.884. The SMILES string of the molecule is Cc1ccccc1[N+](=O)[O-].O=[N+]([O-])O. The first-order valence-electron chi connectivity index (χ1n) is 3.48. The van der Waals surface area contributed by atoms with E-state index in [1.807, 2.05) is 0 Å². The van der Waals surface area contributed by atoms with Crippen molar-refractivity contribution in [2.45, 2.75) is 6.92 Å². The molecule has 0 heterocycles. The van der Waals surface area contributed by atoms with Crippen LogP contribution in [-0.4, -0.2) is 15.2 Å². The molecular weight excluding hydrogens is 192 g/mol. The Kier molecular flexibility index (Phi) is 4.61. The van der Waals surface area contributed by atoms with Crippen LogP contribution in [0.4, 0.5) is 5.69 Å². The van der Waals surface area contributed by atoms with Gasteiger partial charge < -0.3 is 5.21 Å². The minimum Gasteiger partial charge on any atom is -0.328 e. The normalized spacial score (nSPS) is 8.36. The van der Waals surface area contributed by atoms with E-state index in [1.54, 1.807) is 25.1 Å². The van der Waals surface area contributed by atoms with Gasteiger partial charge in [0.2, 0.25) is 0 Å². The molecule has 0 amide bonds. The Bertz CT molecular complexity index is 335. The van der Waals surface area contributed by atoms with E-state index in [0.717, 1.165) is 0 Å². The van der Waals surface area contributed by atoms with Crippen LogP contribution >= 0.6 is 0 Å². The second-order valence-corrected chi connectivity index (χ2v) is 2.28. The summed E-state index contributed by atoms with van der Waals surface area (Å²) in [6.07, 6.45) is 0. The molecule has 0 aliphatic rings. The molecule has 14 heavy (non-hydrogen) atoms. The van der Waals surface area contributed by atoms with E-state index in [-0.39, 0.29) is 10.6 Å². The first-order valence-corrected chi connectivity index (χ1v) is 3.48. The molecule has 1 N–H and O–H groups in total. The fourth-order valence-corrected chi connectivity index (χ4v) is 0.768. The Labute approximate surface area is 78.9 Å². The van der Waals surface area contributed by atoms with Crippen molar-refractivity contribution in [1.82, 2.24) is 0 Å². The van der Waals surface area contributed by atoms with E-state index in [1.165, 1.54) is 6.07 Å². The van der Waals surface area contributed by atoms with Crippen LogP contribution in [-0.2, 0) is 0 Å². The van der Waals surface area contributed by atoms with E-state index in [0.29, 0.717) is 5.56 Å². The van der Waals surface area contributed by atoms with Crippen LogP contribution in [0, 0.1) is 27.2 Å². The highest BCUT2D eigenvalue weighted by atomic mass is 16.9. The molecule has 1 aromatic rings. The summed E-state index contributed by atoms with van der Waals surface area (Å²) in [5, 5.41) is 23.9. The van der Waals surface area contributed by atoms with Crippen molar-refractivity contribution in [3.63, 3.8) is 0 Å². The first kappa shape index (κ1) is 11.8. The molecule has 0 unspecified atom stereocenters. The van der Waals surface area contributed by atoms with Gasteiger partial charge in [0.05, 0.1) is 4.92 Å². The Morgan fingerprint density at radius 1 is 1.21 bits per heavy atom. The van der Waals surface area contributed by atoms with Crippen molar-refractivity contribution in [3.05, 3.63) is 50.1 Å². The molecule has 76 valence electrons. The zero-order valence-corrected chi connectivity index (χ0v) is 7.28. The standard InChI is InChI=1S/C7H7NO2.HNO3/c1-6-4-2-3-5-7(6)8(9)10;2-1(3)4/h2-5H,1H3;(H,2,3,4). The van der Waals surface area contributed by atoms with Crippen molar-refractivity contribution >= 4 is 5.69 Å². The van der Waals surface area contributed by atoms with Gasteiger partial charge in [0.1, 0.15) is 0 Å². The predicted octanol–water partition coefficient (Wildman–Crippen LogP) is 1.56. The number of nitro groups is 1. The molecular formula is C7H8N2O5. The lowest BCUT2D eigenvalue weighted by atomic mass is 10.2. The van der Waals surface area contributed by atoms with Crippen LogP contribution in [0.2, 0.25) is 0 Å². The van der Waals surface area contributed by atoms with Gasteiger partial charge >= 0.3 is 0 Å². The molecule has 0 aromatic heterocycles. The average Bonchev–Trinajstić information content (AvgIpc) is 2.03. The van der Waals surface area contributed by atoms with Gasteiger partial charge in [-0.2, -0.15) is 0 Å². The molecule has 7 nitrogen and oxygen atoms in total. The second kappa shape index (κ2) is 5.46. The molecule has 7 heteroatoms. The maximum atomic E-state index is 10.2. The fraction of sp³-hybridized carbons (Fsp3) is 0.143. The van der Waals surface area contributed by atoms with E-state index in [9.17, 15) is 10.1 Å². The second-order valence-electron chi connectivity index (χ2n) is 2.28. The average molecular weight is 200 g/mol. The molecule has 0 aliphatic heterocycles. The van der Waals surface area contributed by atoms with Gasteiger partial charge in [-0.25, -0.2) is 0 Å². The summed E-state index contributed by atoms with van der Waals surface area (Å²) in [7, 11) is 0. The van der Waals surface area contributed by atoms with Crippen molar-refractivity contribution in [1.29, 1.82) is 0 Å². The number of hydrogen-bond donors (Lipinski definition) is 1. The van der Waals surface area contributed by atoms with Crippen LogP contribution in [0.25, 0.3) is 0 Å². The lowest BCUT2D eigenvalue weighted by Gasteiger charge is -1.92. The highest BCUT2D eigenvalue weighted by Crippen LogP contribution is 2.14. The summed E-state index contributed by atoms with van der Waals surface area (Å²) < 4.78 is 0. The topological polar surface area (TPSA) is 107 Å². The van der Waals surface area contributed by atoms with Gasteiger partial charge in [0, 0.05) is 11.6 Å². The maximum absolute atomic E-state index is 10.2. The Morgan fingerprint density at radius 2 is 1.64 bits per heavy atom. The summed E-state index contributed by atoms with van der Waals surface area (Å²) in [6, 6.07) is 6.65. The van der Waals surface area contributed by atoms with E-state index < -0.39 is 5.09 Å². The van der Waals surface area contributed by atoms with Gasteiger partial charge in [-0.3, -0.25) is 10.1 Å². The Hall–Kier alpha value is -2.18. The van der Waals surface area contributed by atoms with E-state index in [4.69, 9.17) is 15.3 Å². The molecule has 0 fully saturated rings. The minimum absolute atomic E-state index is 0.183. The predicted molar refractivity (Wildman–Crippen MR) is 46.6 cm³/mol. The third-order valence-corrected chi connectivity index (χ3v) is 1.31. The largest absolute Gasteiger partial charge is 0.328 e. The third kappa shape index (κ3) is 4.65. The van der Waals surface area contributed by atoms with Crippen LogP contribution < -0.4 is 0 Å². The molecule has 0 saturated carbocycles. The maximum Gasteiger partial charge on any atom is 0.291 e.